The molecule has 17 nitrogen and oxygen atoms in total. The number of aliphatic carboxylic acids is 1. The van der Waals surface area contributed by atoms with E-state index in [9.17, 15) is 34.2 Å². The van der Waals surface area contributed by atoms with Crippen LogP contribution < -0.4 is 38.9 Å². The quantitative estimate of drug-likeness (QED) is 0.0468. The number of benzene rings is 1. The molecule has 0 saturated carbocycles. The van der Waals surface area contributed by atoms with E-state index in [1.54, 1.807) is 0 Å². The zero-order valence-electron chi connectivity index (χ0n) is 23.4. The molecular formula is C26H38N10O7. The Labute approximate surface area is 246 Å². The first kappa shape index (κ1) is 34.0. The Kier molecular flexibility index (Phi) is 13.4. The number of hydrogen-bond acceptors (Lipinski definition) is 9. The van der Waals surface area contributed by atoms with Crippen molar-refractivity contribution in [1.82, 2.24) is 25.9 Å². The topological polar surface area (TPSA) is 307 Å². The molecule has 1 heterocycles. The molecule has 0 saturated heterocycles. The van der Waals surface area contributed by atoms with Gasteiger partial charge >= 0.3 is 5.97 Å². The number of aliphatic imine (C=N–C) groups is 1. The zero-order chi connectivity index (χ0) is 31.9. The van der Waals surface area contributed by atoms with Crippen LogP contribution in [0.25, 0.3) is 0 Å². The summed E-state index contributed by atoms with van der Waals surface area (Å²) >= 11 is 0. The number of aromatic hydroxyl groups is 1. The van der Waals surface area contributed by atoms with Crippen molar-refractivity contribution in [1.29, 1.82) is 0 Å². The lowest BCUT2D eigenvalue weighted by Gasteiger charge is -2.25. The fraction of sp³-hybridized carbons (Fsp3) is 0.423. The number of phenols is 1. The minimum Gasteiger partial charge on any atom is -0.508 e. The number of rotatable bonds is 18. The maximum absolute atomic E-state index is 13.4. The molecule has 4 unspecified atom stereocenters. The highest BCUT2D eigenvalue weighted by molar-refractivity contribution is 5.94. The molecule has 1 aromatic carbocycles. The van der Waals surface area contributed by atoms with Crippen molar-refractivity contribution >= 4 is 35.6 Å². The van der Waals surface area contributed by atoms with E-state index in [1.165, 1.54) is 36.8 Å². The molecule has 1 aromatic heterocycles. The fourth-order valence-electron chi connectivity index (χ4n) is 3.94. The largest absolute Gasteiger partial charge is 0.508 e. The first-order valence-corrected chi connectivity index (χ1v) is 13.3. The number of carboxylic acid groups (broad SMARTS) is 1. The minimum absolute atomic E-state index is 0.0107. The van der Waals surface area contributed by atoms with Crippen LogP contribution in [0.15, 0.2) is 41.8 Å². The van der Waals surface area contributed by atoms with Crippen molar-refractivity contribution in [3.63, 3.8) is 0 Å². The molecule has 4 atom stereocenters. The van der Waals surface area contributed by atoms with Gasteiger partial charge in [-0.15, -0.1) is 0 Å². The van der Waals surface area contributed by atoms with Gasteiger partial charge < -0.3 is 54.1 Å². The third-order valence-electron chi connectivity index (χ3n) is 6.21. The van der Waals surface area contributed by atoms with Crippen LogP contribution in [-0.4, -0.2) is 86.5 Å². The van der Waals surface area contributed by atoms with Gasteiger partial charge in [-0.05, 0) is 37.0 Å². The maximum Gasteiger partial charge on any atom is 0.326 e. The van der Waals surface area contributed by atoms with Gasteiger partial charge in [-0.25, -0.2) is 9.78 Å². The Bertz CT molecular complexity index is 1260. The van der Waals surface area contributed by atoms with Gasteiger partial charge in [0.1, 0.15) is 23.9 Å². The standard InChI is InChI=1S/C26H38N10O7/c27-17(11-15-12-31-13-33-15)22(39)34-18(7-8-21(28)38)23(40)36-20(10-14-3-5-16(37)6-4-14)24(41)35-19(25(42)43)2-1-9-32-26(29)30/h3-6,12-13,17-20,37H,1-2,7-11,27H2,(H2,28,38)(H,31,33)(H,34,39)(H,35,41)(H,36,40)(H,42,43)(H4,29,30,32). The first-order valence-electron chi connectivity index (χ1n) is 13.3. The Hall–Kier alpha value is -5.19. The molecule has 0 aliphatic carbocycles. The Balaban J connectivity index is 2.22. The van der Waals surface area contributed by atoms with Gasteiger partial charge in [0.25, 0.3) is 0 Å². The van der Waals surface area contributed by atoms with Crippen LogP contribution in [0.1, 0.15) is 36.9 Å². The lowest BCUT2D eigenvalue weighted by molar-refractivity contribution is -0.142. The molecule has 0 spiro atoms. The van der Waals surface area contributed by atoms with E-state index >= 15 is 0 Å². The van der Waals surface area contributed by atoms with Crippen LogP contribution in [0, 0.1) is 0 Å². The Morgan fingerprint density at radius 1 is 0.884 bits per heavy atom. The normalized spacial score (nSPS) is 13.5. The molecular weight excluding hydrogens is 564 g/mol. The molecule has 4 amide bonds. The number of aromatic amines is 1. The number of nitrogens with two attached hydrogens (primary N) is 4. The lowest BCUT2D eigenvalue weighted by atomic mass is 10.0. The molecule has 2 aromatic rings. The minimum atomic E-state index is -1.33. The summed E-state index contributed by atoms with van der Waals surface area (Å²) in [6.07, 6.45) is 2.66. The van der Waals surface area contributed by atoms with E-state index in [0.29, 0.717) is 11.3 Å². The number of carbonyl (C=O) groups is 5. The van der Waals surface area contributed by atoms with Gasteiger partial charge in [0, 0.05) is 37.7 Å². The molecule has 43 heavy (non-hydrogen) atoms. The van der Waals surface area contributed by atoms with Crippen LogP contribution >= 0.6 is 0 Å². The molecule has 17 heteroatoms. The summed E-state index contributed by atoms with van der Waals surface area (Å²) in [4.78, 5) is 73.2. The molecule has 0 bridgehead atoms. The molecule has 234 valence electrons. The van der Waals surface area contributed by atoms with Crippen molar-refractivity contribution in [2.75, 3.05) is 6.54 Å². The molecule has 0 radical (unpaired) electrons. The van der Waals surface area contributed by atoms with E-state index in [4.69, 9.17) is 22.9 Å². The molecule has 2 rings (SSSR count). The summed E-state index contributed by atoms with van der Waals surface area (Å²) in [6.45, 7) is 0.138. The second-order valence-electron chi connectivity index (χ2n) is 9.73. The van der Waals surface area contributed by atoms with E-state index in [-0.39, 0.29) is 56.8 Å². The van der Waals surface area contributed by atoms with E-state index in [0.717, 1.165) is 0 Å². The monoisotopic (exact) mass is 602 g/mol. The number of amides is 4. The maximum atomic E-state index is 13.4. The van der Waals surface area contributed by atoms with Crippen LogP contribution in [0.2, 0.25) is 0 Å². The van der Waals surface area contributed by atoms with Gasteiger partial charge in [-0.2, -0.15) is 0 Å². The third kappa shape index (κ3) is 12.5. The van der Waals surface area contributed by atoms with Gasteiger partial charge in [-0.1, -0.05) is 12.1 Å². The summed E-state index contributed by atoms with van der Waals surface area (Å²) in [5.74, 6) is -4.59. The number of hydrogen-bond donors (Lipinski definition) is 10. The zero-order valence-corrected chi connectivity index (χ0v) is 23.4. The summed E-state index contributed by atoms with van der Waals surface area (Å²) in [5, 5.41) is 26.7. The van der Waals surface area contributed by atoms with Crippen molar-refractivity contribution in [2.24, 2.45) is 27.9 Å². The van der Waals surface area contributed by atoms with Crippen molar-refractivity contribution in [3.05, 3.63) is 48.0 Å². The summed E-state index contributed by atoms with van der Waals surface area (Å²) < 4.78 is 0. The highest BCUT2D eigenvalue weighted by atomic mass is 16.4. The molecule has 0 aliphatic rings. The predicted octanol–water partition coefficient (Wildman–Crippen LogP) is -2.91. The first-order chi connectivity index (χ1) is 20.3. The number of H-pyrrole nitrogens is 1. The number of carbonyl (C=O) groups excluding carboxylic acids is 4. The van der Waals surface area contributed by atoms with Crippen LogP contribution in [0.4, 0.5) is 0 Å². The summed E-state index contributed by atoms with van der Waals surface area (Å²) in [7, 11) is 0. The Morgan fingerprint density at radius 2 is 1.51 bits per heavy atom. The van der Waals surface area contributed by atoms with Gasteiger partial charge in [0.15, 0.2) is 5.96 Å². The summed E-state index contributed by atoms with van der Waals surface area (Å²) in [5.41, 5.74) is 22.9. The number of guanidine groups is 1. The second-order valence-corrected chi connectivity index (χ2v) is 9.73. The van der Waals surface area contributed by atoms with E-state index < -0.39 is 53.8 Å². The Morgan fingerprint density at radius 3 is 2.09 bits per heavy atom. The summed E-state index contributed by atoms with van der Waals surface area (Å²) in [6, 6.07) is 0.780. The van der Waals surface area contributed by atoms with E-state index in [2.05, 4.69) is 30.9 Å². The highest BCUT2D eigenvalue weighted by Gasteiger charge is 2.31. The number of nitrogens with zero attached hydrogens (tertiary/aromatic N) is 2. The second kappa shape index (κ2) is 16.9. The average Bonchev–Trinajstić information content (AvgIpc) is 3.45. The third-order valence-corrected chi connectivity index (χ3v) is 6.21. The van der Waals surface area contributed by atoms with Crippen LogP contribution in [0.3, 0.4) is 0 Å². The van der Waals surface area contributed by atoms with Gasteiger partial charge in [0.2, 0.25) is 23.6 Å². The smallest absolute Gasteiger partial charge is 0.326 e. The average molecular weight is 603 g/mol. The predicted molar refractivity (Wildman–Crippen MR) is 154 cm³/mol. The number of nitrogens with one attached hydrogen (secondary N) is 4. The number of imidazole rings is 1. The lowest BCUT2D eigenvalue weighted by Crippen LogP contribution is -2.58. The number of aromatic nitrogens is 2. The van der Waals surface area contributed by atoms with Gasteiger partial charge in [-0.3, -0.25) is 24.2 Å². The molecule has 0 fully saturated rings. The SMILES string of the molecule is NC(=O)CCC(NC(=O)C(N)Cc1cnc[nH]1)C(=O)NC(Cc1ccc(O)cc1)C(=O)NC(CCCN=C(N)N)C(=O)O. The van der Waals surface area contributed by atoms with Crippen LogP contribution in [0.5, 0.6) is 5.75 Å². The fourth-order valence-corrected chi connectivity index (χ4v) is 3.94. The molecule has 0 aliphatic heterocycles. The van der Waals surface area contributed by atoms with E-state index in [1.807, 2.05) is 0 Å². The van der Waals surface area contributed by atoms with Crippen LogP contribution in [-0.2, 0) is 36.8 Å². The van der Waals surface area contributed by atoms with Crippen molar-refractivity contribution in [2.45, 2.75) is 62.7 Å². The number of carboxylic acids is 1. The molecule has 14 N–H and O–H groups in total. The number of primary amides is 1. The highest BCUT2D eigenvalue weighted by Crippen LogP contribution is 2.12. The number of phenolic OH excluding ortho intramolecular Hbond substituents is 1. The van der Waals surface area contributed by atoms with Crippen molar-refractivity contribution < 1.29 is 34.2 Å². The van der Waals surface area contributed by atoms with Gasteiger partial charge in [0.05, 0.1) is 12.4 Å². The van der Waals surface area contributed by atoms with Crippen molar-refractivity contribution in [3.8, 4) is 5.75 Å².